The number of methoxy groups -OCH3 is 1. The summed E-state index contributed by atoms with van der Waals surface area (Å²) in [6.45, 7) is 7.29. The third kappa shape index (κ3) is 4.99. The second kappa shape index (κ2) is 9.73. The highest BCUT2D eigenvalue weighted by Gasteiger charge is 2.23. The van der Waals surface area contributed by atoms with Crippen molar-refractivity contribution in [2.75, 3.05) is 24.8 Å². The fourth-order valence-corrected chi connectivity index (χ4v) is 5.05. The zero-order valence-corrected chi connectivity index (χ0v) is 18.7. The van der Waals surface area contributed by atoms with E-state index in [1.54, 1.807) is 0 Å². The normalized spacial score (nSPS) is 16.2. The fraction of sp³-hybridized carbons (Fsp3) is 0.579. The van der Waals surface area contributed by atoms with Crippen molar-refractivity contribution < 1.29 is 19.1 Å². The van der Waals surface area contributed by atoms with Gasteiger partial charge in [-0.1, -0.05) is 18.7 Å². The lowest BCUT2D eigenvalue weighted by molar-refractivity contribution is -0.113. The van der Waals surface area contributed by atoms with Gasteiger partial charge in [0.15, 0.2) is 5.16 Å². The molecule has 1 unspecified atom stereocenters. The number of thiophene rings is 1. The van der Waals surface area contributed by atoms with Gasteiger partial charge in [0, 0.05) is 17.9 Å². The topological polar surface area (TPSA) is 95.3 Å². The van der Waals surface area contributed by atoms with Crippen LogP contribution in [0.15, 0.2) is 5.16 Å². The predicted molar refractivity (Wildman–Crippen MR) is 113 cm³/mol. The van der Waals surface area contributed by atoms with Gasteiger partial charge in [-0.05, 0) is 32.3 Å². The van der Waals surface area contributed by atoms with Crippen LogP contribution in [-0.4, -0.2) is 52.2 Å². The maximum absolute atomic E-state index is 12.5. The Kier molecular flexibility index (Phi) is 7.31. The van der Waals surface area contributed by atoms with Crippen molar-refractivity contribution in [3.05, 3.63) is 21.8 Å². The van der Waals surface area contributed by atoms with E-state index in [-0.39, 0.29) is 17.8 Å². The molecule has 1 atom stereocenters. The number of esters is 1. The first-order valence-corrected chi connectivity index (χ1v) is 11.4. The summed E-state index contributed by atoms with van der Waals surface area (Å²) in [5.41, 5.74) is 1.25. The zero-order valence-electron chi connectivity index (χ0n) is 17.1. The molecule has 0 aromatic carbocycles. The fourth-order valence-electron chi connectivity index (χ4n) is 3.22. The Morgan fingerprint density at radius 3 is 2.83 bits per heavy atom. The van der Waals surface area contributed by atoms with Gasteiger partial charge in [-0.25, -0.2) is 4.79 Å². The average Bonchev–Trinajstić information content (AvgIpc) is 3.41. The molecule has 3 heterocycles. The molecule has 1 amide bonds. The summed E-state index contributed by atoms with van der Waals surface area (Å²) in [6, 6.07) is 0. The first-order chi connectivity index (χ1) is 13.9. The summed E-state index contributed by atoms with van der Waals surface area (Å²) < 4.78 is 12.6. The number of nitrogens with one attached hydrogen (secondary N) is 1. The van der Waals surface area contributed by atoms with E-state index in [0.29, 0.717) is 22.3 Å². The Labute approximate surface area is 178 Å². The lowest BCUT2D eigenvalue weighted by Crippen LogP contribution is -2.19. The molecule has 1 fully saturated rings. The molecule has 1 saturated heterocycles. The Balaban J connectivity index is 1.66. The lowest BCUT2D eigenvalue weighted by atomic mass is 10.1. The van der Waals surface area contributed by atoms with E-state index in [1.807, 2.05) is 25.3 Å². The van der Waals surface area contributed by atoms with Crippen LogP contribution < -0.4 is 5.32 Å². The number of carbonyl (C=O) groups is 2. The van der Waals surface area contributed by atoms with Gasteiger partial charge in [0.2, 0.25) is 5.91 Å². The van der Waals surface area contributed by atoms with Crippen molar-refractivity contribution in [1.29, 1.82) is 0 Å². The van der Waals surface area contributed by atoms with Gasteiger partial charge in [0.05, 0.1) is 31.1 Å². The van der Waals surface area contributed by atoms with Crippen LogP contribution in [0.4, 0.5) is 5.00 Å². The van der Waals surface area contributed by atoms with Crippen molar-refractivity contribution in [2.24, 2.45) is 0 Å². The molecule has 1 N–H and O–H groups in total. The van der Waals surface area contributed by atoms with E-state index in [4.69, 9.17) is 9.47 Å². The average molecular weight is 439 g/mol. The van der Waals surface area contributed by atoms with Crippen molar-refractivity contribution in [3.63, 3.8) is 0 Å². The Morgan fingerprint density at radius 1 is 1.38 bits per heavy atom. The highest BCUT2D eigenvalue weighted by atomic mass is 32.2. The Morgan fingerprint density at radius 2 is 2.17 bits per heavy atom. The molecule has 0 radical (unpaired) electrons. The van der Waals surface area contributed by atoms with Gasteiger partial charge in [-0.3, -0.25) is 4.79 Å². The molecule has 8 nitrogen and oxygen atoms in total. The number of hydrogen-bond acceptors (Lipinski definition) is 8. The first-order valence-electron chi connectivity index (χ1n) is 9.59. The molecule has 2 aromatic rings. The maximum atomic E-state index is 12.5. The summed E-state index contributed by atoms with van der Waals surface area (Å²) in [4.78, 5) is 25.6. The van der Waals surface area contributed by atoms with Crippen LogP contribution in [-0.2, 0) is 27.2 Å². The predicted octanol–water partition coefficient (Wildman–Crippen LogP) is 3.22. The summed E-state index contributed by atoms with van der Waals surface area (Å²) in [5.74, 6) is 0.412. The number of carbonyl (C=O) groups excluding carboxylic acids is 2. The highest BCUT2D eigenvalue weighted by Crippen LogP contribution is 2.33. The first kappa shape index (κ1) is 21.8. The molecule has 158 valence electrons. The van der Waals surface area contributed by atoms with E-state index in [9.17, 15) is 9.59 Å². The number of rotatable bonds is 8. The molecule has 0 bridgehead atoms. The molecule has 2 aromatic heterocycles. The van der Waals surface area contributed by atoms with E-state index < -0.39 is 5.97 Å². The molecule has 3 rings (SSSR count). The van der Waals surface area contributed by atoms with E-state index in [0.717, 1.165) is 42.1 Å². The van der Waals surface area contributed by atoms with Gasteiger partial charge >= 0.3 is 5.97 Å². The maximum Gasteiger partial charge on any atom is 0.341 e. The van der Waals surface area contributed by atoms with Crippen molar-refractivity contribution in [1.82, 2.24) is 14.8 Å². The molecule has 29 heavy (non-hydrogen) atoms. The number of ether oxygens (including phenoxy) is 2. The van der Waals surface area contributed by atoms with Gasteiger partial charge in [0.25, 0.3) is 0 Å². The highest BCUT2D eigenvalue weighted by molar-refractivity contribution is 7.99. The standard InChI is InChI=1S/C19H26N4O4S2/c1-5-14-21-22-19(23(14)9-13-7-6-8-27-13)28-10-15(24)20-17-16(18(25)26-4)11(2)12(3)29-17/h13H,5-10H2,1-4H3,(H,20,24). The van der Waals surface area contributed by atoms with E-state index >= 15 is 0 Å². The van der Waals surface area contributed by atoms with Crippen molar-refractivity contribution >= 4 is 40.0 Å². The number of nitrogens with zero attached hydrogens (tertiary/aromatic N) is 3. The number of amides is 1. The third-order valence-electron chi connectivity index (χ3n) is 4.88. The van der Waals surface area contributed by atoms with Crippen molar-refractivity contribution in [2.45, 2.75) is 57.8 Å². The minimum absolute atomic E-state index is 0.171. The molecule has 1 aliphatic heterocycles. The van der Waals surface area contributed by atoms with Crippen LogP contribution in [0.2, 0.25) is 0 Å². The largest absolute Gasteiger partial charge is 0.465 e. The summed E-state index contributed by atoms with van der Waals surface area (Å²) in [5, 5.41) is 12.6. The quantitative estimate of drug-likeness (QED) is 0.499. The zero-order chi connectivity index (χ0) is 21.0. The summed E-state index contributed by atoms with van der Waals surface area (Å²) in [7, 11) is 1.34. The molecule has 0 saturated carbocycles. The summed E-state index contributed by atoms with van der Waals surface area (Å²) >= 11 is 2.71. The van der Waals surface area contributed by atoms with Gasteiger partial charge < -0.3 is 19.4 Å². The second-order valence-corrected chi connectivity index (χ2v) is 8.98. The number of anilines is 1. The number of aromatic nitrogens is 3. The number of aryl methyl sites for hydroxylation is 2. The van der Waals surface area contributed by atoms with E-state index in [2.05, 4.69) is 15.5 Å². The number of hydrogen-bond donors (Lipinski definition) is 1. The molecule has 0 aliphatic carbocycles. The molecule has 1 aliphatic rings. The van der Waals surface area contributed by atoms with Gasteiger partial charge in [-0.2, -0.15) is 0 Å². The van der Waals surface area contributed by atoms with Crippen molar-refractivity contribution in [3.8, 4) is 0 Å². The van der Waals surface area contributed by atoms with Crippen LogP contribution >= 0.6 is 23.1 Å². The summed E-state index contributed by atoms with van der Waals surface area (Å²) in [6.07, 6.45) is 3.03. The molecular weight excluding hydrogens is 412 g/mol. The van der Waals surface area contributed by atoms with Crippen LogP contribution in [0.3, 0.4) is 0 Å². The Hall–Kier alpha value is -1.91. The minimum atomic E-state index is -0.446. The number of thioether (sulfide) groups is 1. The Bertz CT molecular complexity index is 887. The molecular formula is C19H26N4O4S2. The SMILES string of the molecule is CCc1nnc(SCC(=O)Nc2sc(C)c(C)c2C(=O)OC)n1CC1CCCO1. The van der Waals surface area contributed by atoms with Crippen LogP contribution in [0.25, 0.3) is 0 Å². The minimum Gasteiger partial charge on any atom is -0.465 e. The molecule has 0 spiro atoms. The monoisotopic (exact) mass is 438 g/mol. The molecule has 10 heteroatoms. The van der Waals surface area contributed by atoms with E-state index in [1.165, 1.54) is 30.2 Å². The lowest BCUT2D eigenvalue weighted by Gasteiger charge is -2.14. The van der Waals surface area contributed by atoms with Crippen LogP contribution in [0.1, 0.15) is 46.4 Å². The second-order valence-electron chi connectivity index (χ2n) is 6.81. The van der Waals surface area contributed by atoms with Gasteiger partial charge in [-0.15, -0.1) is 21.5 Å². The smallest absolute Gasteiger partial charge is 0.341 e. The van der Waals surface area contributed by atoms with Crippen LogP contribution in [0.5, 0.6) is 0 Å². The van der Waals surface area contributed by atoms with Crippen LogP contribution in [0, 0.1) is 13.8 Å². The van der Waals surface area contributed by atoms with Gasteiger partial charge in [0.1, 0.15) is 10.8 Å². The third-order valence-corrected chi connectivity index (χ3v) is 6.97.